The summed E-state index contributed by atoms with van der Waals surface area (Å²) in [5, 5.41) is 6.36. The minimum Gasteiger partial charge on any atom is -0.283 e. The van der Waals surface area contributed by atoms with Crippen molar-refractivity contribution in [3.63, 3.8) is 0 Å². The normalized spacial score (nSPS) is 9.67. The van der Waals surface area contributed by atoms with E-state index in [2.05, 4.69) is 21.2 Å². The van der Waals surface area contributed by atoms with Crippen LogP contribution in [0, 0.1) is 0 Å². The van der Waals surface area contributed by atoms with Gasteiger partial charge in [0.25, 0.3) is 0 Å². The van der Waals surface area contributed by atoms with Crippen molar-refractivity contribution in [2.24, 2.45) is 16.3 Å². The fourth-order valence-corrected chi connectivity index (χ4v) is 0.0911. The first-order valence-corrected chi connectivity index (χ1v) is 1.64. The lowest BCUT2D eigenvalue weighted by molar-refractivity contribution is 0.126. The van der Waals surface area contributed by atoms with E-state index in [1.54, 1.807) is 0 Å². The van der Waals surface area contributed by atoms with E-state index in [0.717, 1.165) is 0 Å². The summed E-state index contributed by atoms with van der Waals surface area (Å²) in [5.74, 6) is 4.45. The molecular weight excluding hydrogens is 82.0 g/mol. The molecule has 0 saturated heterocycles. The van der Waals surface area contributed by atoms with Gasteiger partial charge in [0.15, 0.2) is 0 Å². The Morgan fingerprint density at radius 1 is 1.83 bits per heavy atom. The molecule has 0 radical (unpaired) electrons. The van der Waals surface area contributed by atoms with Crippen LogP contribution in [0.5, 0.6) is 0 Å². The van der Waals surface area contributed by atoms with E-state index in [1.807, 2.05) is 6.92 Å². The third kappa shape index (κ3) is 3.36. The average Bonchev–Trinajstić information content (AvgIpc) is 1.61. The first-order chi connectivity index (χ1) is 2.91. The molecule has 0 aliphatic rings. The molecule has 0 aromatic rings. The predicted molar refractivity (Wildman–Crippen MR) is 20.7 cm³/mol. The van der Waals surface area contributed by atoms with Gasteiger partial charge in [-0.3, -0.25) is 4.94 Å². The molecule has 0 aromatic heterocycles. The van der Waals surface area contributed by atoms with Crippen LogP contribution in [0.4, 0.5) is 0 Å². The number of rotatable bonds is 2. The van der Waals surface area contributed by atoms with E-state index < -0.39 is 0 Å². The van der Waals surface area contributed by atoms with Crippen LogP contribution < -0.4 is 5.90 Å². The highest BCUT2D eigenvalue weighted by Crippen LogP contribution is 1.67. The molecule has 0 amide bonds. The summed E-state index contributed by atoms with van der Waals surface area (Å²) in [6, 6.07) is 0. The molecule has 0 fully saturated rings. The van der Waals surface area contributed by atoms with Gasteiger partial charge in [-0.1, -0.05) is 0 Å². The molecule has 0 spiro atoms. The van der Waals surface area contributed by atoms with Crippen LogP contribution in [-0.4, -0.2) is 6.54 Å². The topological polar surface area (TPSA) is 60.0 Å². The lowest BCUT2D eigenvalue weighted by Crippen LogP contribution is -1.86. The van der Waals surface area contributed by atoms with Crippen molar-refractivity contribution in [3.05, 3.63) is 0 Å². The molecule has 0 bridgehead atoms. The van der Waals surface area contributed by atoms with Gasteiger partial charge in [0.1, 0.15) is 0 Å². The summed E-state index contributed by atoms with van der Waals surface area (Å²) in [7, 11) is 0. The molecule has 0 unspecified atom stereocenters. The average molecular weight is 89.1 g/mol. The van der Waals surface area contributed by atoms with E-state index in [0.29, 0.717) is 6.54 Å². The molecule has 4 heteroatoms. The van der Waals surface area contributed by atoms with E-state index in [9.17, 15) is 0 Å². The maximum absolute atomic E-state index is 4.45. The summed E-state index contributed by atoms with van der Waals surface area (Å²) in [6.45, 7) is 2.44. The zero-order chi connectivity index (χ0) is 4.83. The Kier molecular flexibility index (Phi) is 3.89. The number of nitrogens with two attached hydrogens (primary N) is 1. The molecule has 6 heavy (non-hydrogen) atoms. The van der Waals surface area contributed by atoms with Crippen molar-refractivity contribution in [1.29, 1.82) is 0 Å². The largest absolute Gasteiger partial charge is 0.283 e. The van der Waals surface area contributed by atoms with Crippen molar-refractivity contribution >= 4 is 0 Å². The van der Waals surface area contributed by atoms with Crippen LogP contribution in [0.3, 0.4) is 0 Å². The highest BCUT2D eigenvalue weighted by atomic mass is 16.8. The Labute approximate surface area is 35.9 Å². The Morgan fingerprint density at radius 2 is 2.50 bits per heavy atom. The van der Waals surface area contributed by atoms with Crippen molar-refractivity contribution in [2.45, 2.75) is 6.92 Å². The lowest BCUT2D eigenvalue weighted by atomic mass is 10.8. The van der Waals surface area contributed by atoms with Crippen molar-refractivity contribution in [2.75, 3.05) is 6.54 Å². The van der Waals surface area contributed by atoms with Gasteiger partial charge < -0.3 is 0 Å². The van der Waals surface area contributed by atoms with E-state index in [4.69, 9.17) is 0 Å². The van der Waals surface area contributed by atoms with Gasteiger partial charge in [0.05, 0.1) is 6.54 Å². The van der Waals surface area contributed by atoms with Gasteiger partial charge in [-0.05, 0) is 6.92 Å². The standard InChI is InChI=1S/C2H7N3O/c1-2-4-5-6-3/h2-3H2,1H3. The maximum Gasteiger partial charge on any atom is 0.0607 e. The van der Waals surface area contributed by atoms with E-state index in [1.165, 1.54) is 0 Å². The smallest absolute Gasteiger partial charge is 0.0607 e. The minimum atomic E-state index is 0.608. The molecule has 2 N–H and O–H groups in total. The van der Waals surface area contributed by atoms with E-state index in [-0.39, 0.29) is 0 Å². The Hall–Kier alpha value is -0.640. The van der Waals surface area contributed by atoms with Crippen LogP contribution in [0.2, 0.25) is 0 Å². The van der Waals surface area contributed by atoms with Gasteiger partial charge in [0, 0.05) is 5.28 Å². The molecule has 0 aliphatic heterocycles. The van der Waals surface area contributed by atoms with Gasteiger partial charge in [-0.25, -0.2) is 0 Å². The maximum atomic E-state index is 4.45. The van der Waals surface area contributed by atoms with Gasteiger partial charge in [-0.2, -0.15) is 5.11 Å². The summed E-state index contributed by atoms with van der Waals surface area (Å²) in [5.41, 5.74) is 0. The Bertz CT molecular complexity index is 38.1. The summed E-state index contributed by atoms with van der Waals surface area (Å²) < 4.78 is 0. The second-order valence-corrected chi connectivity index (χ2v) is 0.645. The molecule has 0 saturated carbocycles. The molecule has 0 aliphatic carbocycles. The van der Waals surface area contributed by atoms with Crippen molar-refractivity contribution in [3.8, 4) is 0 Å². The van der Waals surface area contributed by atoms with Crippen LogP contribution in [0.25, 0.3) is 0 Å². The fraction of sp³-hybridized carbons (Fsp3) is 1.00. The fourth-order valence-electron chi connectivity index (χ4n) is 0.0911. The summed E-state index contributed by atoms with van der Waals surface area (Å²) in [6.07, 6.45) is 0. The number of hydrogen-bond acceptors (Lipinski definition) is 4. The molecule has 0 heterocycles. The number of nitrogens with zero attached hydrogens (tertiary/aromatic N) is 2. The molecule has 36 valence electrons. The highest BCUT2D eigenvalue weighted by molar-refractivity contribution is 4.13. The first-order valence-electron chi connectivity index (χ1n) is 1.64. The quantitative estimate of drug-likeness (QED) is 0.389. The Morgan fingerprint density at radius 3 is 2.67 bits per heavy atom. The Balaban J connectivity index is 2.73. The van der Waals surface area contributed by atoms with Crippen LogP contribution in [-0.2, 0) is 4.94 Å². The third-order valence-electron chi connectivity index (χ3n) is 0.246. The molecular formula is C2H7N3O. The zero-order valence-electron chi connectivity index (χ0n) is 3.59. The van der Waals surface area contributed by atoms with Crippen LogP contribution in [0.1, 0.15) is 6.92 Å². The van der Waals surface area contributed by atoms with Crippen molar-refractivity contribution in [1.82, 2.24) is 0 Å². The second kappa shape index (κ2) is 4.36. The SMILES string of the molecule is CCN=NON. The third-order valence-corrected chi connectivity index (χ3v) is 0.246. The minimum absolute atomic E-state index is 0.608. The summed E-state index contributed by atoms with van der Waals surface area (Å²) in [4.78, 5) is 3.74. The molecule has 0 aromatic carbocycles. The van der Waals surface area contributed by atoms with Crippen molar-refractivity contribution < 1.29 is 4.94 Å². The zero-order valence-corrected chi connectivity index (χ0v) is 3.59. The highest BCUT2D eigenvalue weighted by Gasteiger charge is 1.59. The summed E-state index contributed by atoms with van der Waals surface area (Å²) >= 11 is 0. The van der Waals surface area contributed by atoms with Crippen LogP contribution in [0.15, 0.2) is 10.4 Å². The number of hydrogen-bond donors (Lipinski definition) is 1. The van der Waals surface area contributed by atoms with Gasteiger partial charge in [-0.15, -0.1) is 5.90 Å². The van der Waals surface area contributed by atoms with Gasteiger partial charge in [0.2, 0.25) is 0 Å². The molecule has 0 atom stereocenters. The van der Waals surface area contributed by atoms with Gasteiger partial charge >= 0.3 is 0 Å². The molecule has 4 nitrogen and oxygen atoms in total. The molecule has 0 rings (SSSR count). The second-order valence-electron chi connectivity index (χ2n) is 0.645. The van der Waals surface area contributed by atoms with Crippen LogP contribution >= 0.6 is 0 Å². The predicted octanol–water partition coefficient (Wildman–Crippen LogP) is 0.264. The first kappa shape index (κ1) is 5.36. The monoisotopic (exact) mass is 89.1 g/mol. The lowest BCUT2D eigenvalue weighted by Gasteiger charge is -1.76. The van der Waals surface area contributed by atoms with E-state index >= 15 is 0 Å².